The molecule has 5 nitrogen and oxygen atoms in total. The number of aryl methyl sites for hydroxylation is 2. The van der Waals surface area contributed by atoms with Gasteiger partial charge < -0.3 is 5.32 Å². The number of hydrogen-bond donors (Lipinski definition) is 1. The minimum atomic E-state index is -3.51. The molecule has 0 radical (unpaired) electrons. The van der Waals surface area contributed by atoms with Crippen LogP contribution < -0.4 is 5.32 Å². The van der Waals surface area contributed by atoms with Crippen molar-refractivity contribution >= 4 is 15.9 Å². The van der Waals surface area contributed by atoms with Gasteiger partial charge in [0.15, 0.2) is 0 Å². The fraction of sp³-hybridized carbons (Fsp3) is 0.458. The number of benzene rings is 2. The first-order chi connectivity index (χ1) is 14.4. The van der Waals surface area contributed by atoms with E-state index in [-0.39, 0.29) is 16.8 Å². The average molecular weight is 429 g/mol. The molecule has 1 aliphatic carbocycles. The Morgan fingerprint density at radius 2 is 1.77 bits per heavy atom. The number of amides is 1. The van der Waals surface area contributed by atoms with Gasteiger partial charge in [0.25, 0.3) is 0 Å². The van der Waals surface area contributed by atoms with Gasteiger partial charge in [0.05, 0.1) is 10.9 Å². The van der Waals surface area contributed by atoms with E-state index in [0.29, 0.717) is 19.4 Å². The van der Waals surface area contributed by atoms with E-state index in [2.05, 4.69) is 30.4 Å². The quantitative estimate of drug-likeness (QED) is 0.650. The summed E-state index contributed by atoms with van der Waals surface area (Å²) in [7, 11) is -1.96. The molecule has 0 saturated carbocycles. The van der Waals surface area contributed by atoms with Crippen LogP contribution in [0.15, 0.2) is 53.4 Å². The number of carbonyl (C=O) groups excluding carboxylic acids is 1. The number of fused-ring (bicyclic) bond motifs is 1. The lowest BCUT2D eigenvalue weighted by Crippen LogP contribution is -2.31. The molecule has 30 heavy (non-hydrogen) atoms. The predicted octanol–water partition coefficient (Wildman–Crippen LogP) is 4.23. The molecule has 2 aromatic carbocycles. The van der Waals surface area contributed by atoms with Gasteiger partial charge in [-0.2, -0.15) is 0 Å². The lowest BCUT2D eigenvalue weighted by atomic mass is 9.89. The highest BCUT2D eigenvalue weighted by Gasteiger charge is 2.21. The first kappa shape index (κ1) is 22.5. The smallest absolute Gasteiger partial charge is 0.242 e. The van der Waals surface area contributed by atoms with Crippen LogP contribution in [0.1, 0.15) is 61.8 Å². The maximum atomic E-state index is 12.6. The summed E-state index contributed by atoms with van der Waals surface area (Å²) in [6.07, 6.45) is 6.37. The number of hydrogen-bond acceptors (Lipinski definition) is 3. The van der Waals surface area contributed by atoms with Gasteiger partial charge in [-0.15, -0.1) is 0 Å². The maximum absolute atomic E-state index is 12.6. The Bertz CT molecular complexity index is 958. The van der Waals surface area contributed by atoms with Gasteiger partial charge in [0.1, 0.15) is 0 Å². The highest BCUT2D eigenvalue weighted by atomic mass is 32.2. The van der Waals surface area contributed by atoms with Crippen LogP contribution in [0.4, 0.5) is 0 Å². The van der Waals surface area contributed by atoms with Crippen LogP contribution >= 0.6 is 0 Å². The molecule has 0 spiro atoms. The molecular weight excluding hydrogens is 396 g/mol. The van der Waals surface area contributed by atoms with Gasteiger partial charge in [0, 0.05) is 20.0 Å². The molecule has 3 rings (SSSR count). The van der Waals surface area contributed by atoms with E-state index in [0.717, 1.165) is 24.8 Å². The molecule has 0 unspecified atom stereocenters. The van der Waals surface area contributed by atoms with Crippen molar-refractivity contribution in [2.75, 3.05) is 13.6 Å². The third-order valence-electron chi connectivity index (χ3n) is 5.85. The average Bonchev–Trinajstić information content (AvgIpc) is 2.77. The van der Waals surface area contributed by atoms with Crippen LogP contribution in [0, 0.1) is 0 Å². The largest absolute Gasteiger partial charge is 0.349 e. The molecule has 1 atom stereocenters. The second-order valence-corrected chi connectivity index (χ2v) is 10.1. The summed E-state index contributed by atoms with van der Waals surface area (Å²) in [5.41, 5.74) is 4.02. The summed E-state index contributed by atoms with van der Waals surface area (Å²) < 4.78 is 26.4. The molecular formula is C24H32N2O3S. The normalized spacial score (nSPS) is 14.9. The molecule has 0 bridgehead atoms. The summed E-state index contributed by atoms with van der Waals surface area (Å²) in [4.78, 5) is 12.8. The monoisotopic (exact) mass is 428 g/mol. The Kier molecular flexibility index (Phi) is 7.67. The van der Waals surface area contributed by atoms with Crippen LogP contribution in [0.2, 0.25) is 0 Å². The molecule has 0 fully saturated rings. The fourth-order valence-electron chi connectivity index (χ4n) is 4.01. The zero-order chi connectivity index (χ0) is 21.6. The summed E-state index contributed by atoms with van der Waals surface area (Å²) in [6.45, 7) is 2.38. The van der Waals surface area contributed by atoms with Gasteiger partial charge in [-0.3, -0.25) is 4.79 Å². The van der Waals surface area contributed by atoms with Crippen molar-refractivity contribution in [1.29, 1.82) is 0 Å². The van der Waals surface area contributed by atoms with E-state index in [4.69, 9.17) is 0 Å². The number of carbonyl (C=O) groups is 1. The van der Waals surface area contributed by atoms with Crippen molar-refractivity contribution in [3.05, 3.63) is 65.2 Å². The van der Waals surface area contributed by atoms with E-state index in [1.54, 1.807) is 37.4 Å². The predicted molar refractivity (Wildman–Crippen MR) is 120 cm³/mol. The number of nitrogens with one attached hydrogen (secondary N) is 1. The Morgan fingerprint density at radius 1 is 1.07 bits per heavy atom. The highest BCUT2D eigenvalue weighted by Crippen LogP contribution is 2.26. The molecule has 0 aromatic heterocycles. The van der Waals surface area contributed by atoms with Gasteiger partial charge >= 0.3 is 0 Å². The lowest BCUT2D eigenvalue weighted by molar-refractivity contribution is -0.122. The van der Waals surface area contributed by atoms with Crippen LogP contribution in [0.5, 0.6) is 0 Å². The first-order valence-corrected chi connectivity index (χ1v) is 12.3. The van der Waals surface area contributed by atoms with Crippen molar-refractivity contribution < 1.29 is 13.2 Å². The van der Waals surface area contributed by atoms with Crippen molar-refractivity contribution in [3.63, 3.8) is 0 Å². The van der Waals surface area contributed by atoms with Crippen LogP contribution in [-0.4, -0.2) is 32.2 Å². The number of sulfonamides is 1. The topological polar surface area (TPSA) is 66.5 Å². The third kappa shape index (κ3) is 5.49. The van der Waals surface area contributed by atoms with Gasteiger partial charge in [-0.05, 0) is 67.3 Å². The zero-order valence-corrected chi connectivity index (χ0v) is 18.7. The standard InChI is InChI=1S/C24H32N2O3S/c1-3-23(21-16-15-19-10-7-8-11-20(19)18-21)25-24(27)14-9-17-26(2)30(28,29)22-12-5-4-6-13-22/h4-6,12-13,15-16,18,23H,3,7-11,14,17H2,1-2H3,(H,25,27)/t23-/m1/s1. The van der Waals surface area contributed by atoms with Crippen molar-refractivity contribution in [2.45, 2.75) is 62.8 Å². The van der Waals surface area contributed by atoms with Crippen LogP contribution in [-0.2, 0) is 27.7 Å². The molecule has 1 N–H and O–H groups in total. The van der Waals surface area contributed by atoms with E-state index in [1.165, 1.54) is 28.3 Å². The van der Waals surface area contributed by atoms with Gasteiger partial charge in [0.2, 0.25) is 15.9 Å². The van der Waals surface area contributed by atoms with E-state index in [9.17, 15) is 13.2 Å². The molecule has 6 heteroatoms. The van der Waals surface area contributed by atoms with E-state index < -0.39 is 10.0 Å². The minimum absolute atomic E-state index is 0.00416. The minimum Gasteiger partial charge on any atom is -0.349 e. The molecule has 162 valence electrons. The van der Waals surface area contributed by atoms with Crippen molar-refractivity contribution in [3.8, 4) is 0 Å². The van der Waals surface area contributed by atoms with E-state index in [1.807, 2.05) is 0 Å². The summed E-state index contributed by atoms with van der Waals surface area (Å²) >= 11 is 0. The van der Waals surface area contributed by atoms with Crippen LogP contribution in [0.3, 0.4) is 0 Å². The summed E-state index contributed by atoms with van der Waals surface area (Å²) in [6, 6.07) is 15.0. The Hall–Kier alpha value is -2.18. The maximum Gasteiger partial charge on any atom is 0.242 e. The Labute approximate surface area is 180 Å². The third-order valence-corrected chi connectivity index (χ3v) is 7.72. The highest BCUT2D eigenvalue weighted by molar-refractivity contribution is 7.89. The SMILES string of the molecule is CC[C@@H](NC(=O)CCCN(C)S(=O)(=O)c1ccccc1)c1ccc2c(c1)CCCC2. The van der Waals surface area contributed by atoms with Crippen molar-refractivity contribution in [2.24, 2.45) is 0 Å². The van der Waals surface area contributed by atoms with Crippen LogP contribution in [0.25, 0.3) is 0 Å². The van der Waals surface area contributed by atoms with Gasteiger partial charge in [-0.25, -0.2) is 12.7 Å². The first-order valence-electron chi connectivity index (χ1n) is 10.8. The molecule has 0 aliphatic heterocycles. The summed E-state index contributed by atoms with van der Waals surface area (Å²) in [5.74, 6) is -0.0370. The lowest BCUT2D eigenvalue weighted by Gasteiger charge is -2.22. The molecule has 0 heterocycles. The Balaban J connectivity index is 1.52. The van der Waals surface area contributed by atoms with Gasteiger partial charge in [-0.1, -0.05) is 43.3 Å². The molecule has 0 saturated heterocycles. The zero-order valence-electron chi connectivity index (χ0n) is 17.9. The van der Waals surface area contributed by atoms with Crippen molar-refractivity contribution in [1.82, 2.24) is 9.62 Å². The molecule has 2 aromatic rings. The molecule has 1 amide bonds. The Morgan fingerprint density at radius 3 is 2.47 bits per heavy atom. The number of nitrogens with zero attached hydrogens (tertiary/aromatic N) is 1. The summed E-state index contributed by atoms with van der Waals surface area (Å²) in [5, 5.41) is 3.13. The van der Waals surface area contributed by atoms with E-state index >= 15 is 0 Å². The fourth-order valence-corrected chi connectivity index (χ4v) is 5.24. The second-order valence-electron chi connectivity index (χ2n) is 8.01. The molecule has 1 aliphatic rings. The number of rotatable bonds is 9. The second kappa shape index (κ2) is 10.2.